The third kappa shape index (κ3) is 5.53. The number of aryl methyl sites for hydroxylation is 1. The van der Waals surface area contributed by atoms with E-state index in [9.17, 15) is 8.42 Å². The Hall–Kier alpha value is -2.91. The summed E-state index contributed by atoms with van der Waals surface area (Å²) < 4.78 is 27.8. The van der Waals surface area contributed by atoms with Gasteiger partial charge in [0.1, 0.15) is 23.2 Å². The number of rotatable bonds is 8. The molecule has 0 aliphatic heterocycles. The van der Waals surface area contributed by atoms with E-state index in [1.807, 2.05) is 25.1 Å². The van der Waals surface area contributed by atoms with Gasteiger partial charge in [0.25, 0.3) is 0 Å². The van der Waals surface area contributed by atoms with Crippen LogP contribution in [0.3, 0.4) is 0 Å². The van der Waals surface area contributed by atoms with Crippen LogP contribution in [0.2, 0.25) is 0 Å². The second kappa shape index (κ2) is 8.19. The van der Waals surface area contributed by atoms with E-state index in [-0.39, 0.29) is 4.90 Å². The number of hydrogen-bond acceptors (Lipinski definition) is 7. The maximum atomic E-state index is 11.3. The van der Waals surface area contributed by atoms with Crippen LogP contribution in [0.25, 0.3) is 0 Å². The van der Waals surface area contributed by atoms with Crippen molar-refractivity contribution in [3.05, 3.63) is 65.9 Å². The maximum absolute atomic E-state index is 11.3. The Labute approximate surface area is 157 Å². The molecule has 0 saturated heterocycles. The first-order valence-electron chi connectivity index (χ1n) is 8.38. The Morgan fingerprint density at radius 2 is 1.78 bits per heavy atom. The molecule has 142 valence electrons. The van der Waals surface area contributed by atoms with Gasteiger partial charge in [0.2, 0.25) is 10.0 Å². The van der Waals surface area contributed by atoms with Gasteiger partial charge in [-0.3, -0.25) is 0 Å². The van der Waals surface area contributed by atoms with E-state index in [1.165, 1.54) is 12.1 Å². The summed E-state index contributed by atoms with van der Waals surface area (Å²) in [6.07, 6.45) is 2.34. The molecule has 3 aromatic rings. The molecule has 0 amide bonds. The normalized spacial score (nSPS) is 11.3. The zero-order chi connectivity index (χ0) is 19.3. The van der Waals surface area contributed by atoms with E-state index in [2.05, 4.69) is 20.6 Å². The Morgan fingerprint density at radius 3 is 2.41 bits per heavy atom. The van der Waals surface area contributed by atoms with Crippen molar-refractivity contribution in [2.45, 2.75) is 24.8 Å². The number of sulfonamides is 1. The van der Waals surface area contributed by atoms with Crippen molar-refractivity contribution in [1.82, 2.24) is 9.97 Å². The maximum Gasteiger partial charge on any atom is 0.238 e. The molecule has 0 unspecified atom stereocenters. The summed E-state index contributed by atoms with van der Waals surface area (Å²) in [4.78, 5) is 8.84. The smallest absolute Gasteiger partial charge is 0.238 e. The lowest BCUT2D eigenvalue weighted by atomic mass is 10.1. The number of benzene rings is 1. The average molecular weight is 387 g/mol. The molecule has 3 rings (SSSR count). The molecule has 0 fully saturated rings. The molecule has 9 heteroatoms. The molecule has 0 spiro atoms. The summed E-state index contributed by atoms with van der Waals surface area (Å²) in [6, 6.07) is 12.1. The van der Waals surface area contributed by atoms with E-state index in [0.717, 1.165) is 11.3 Å². The molecule has 8 nitrogen and oxygen atoms in total. The Bertz CT molecular complexity index is 986. The van der Waals surface area contributed by atoms with Crippen molar-refractivity contribution in [3.63, 3.8) is 0 Å². The highest BCUT2D eigenvalue weighted by molar-refractivity contribution is 7.89. The summed E-state index contributed by atoms with van der Waals surface area (Å²) in [5.74, 6) is 2.90. The third-order valence-electron chi connectivity index (χ3n) is 3.83. The van der Waals surface area contributed by atoms with Gasteiger partial charge >= 0.3 is 0 Å². The minimum atomic E-state index is -3.66. The van der Waals surface area contributed by atoms with E-state index < -0.39 is 10.0 Å². The standard InChI is InChI=1S/C18H21N5O3S/c1-13-22-17(11-18(23-13)21-12-15-3-2-10-26-15)20-9-8-14-4-6-16(7-5-14)27(19,24)25/h2-7,10-11H,8-9,12H2,1H3,(H2,19,24,25)(H2,20,21,22,23). The van der Waals surface area contributed by atoms with Gasteiger partial charge < -0.3 is 15.1 Å². The molecule has 0 radical (unpaired) electrons. The summed E-state index contributed by atoms with van der Waals surface area (Å²) in [7, 11) is -3.66. The fraction of sp³-hybridized carbons (Fsp3) is 0.222. The van der Waals surface area contributed by atoms with Crippen LogP contribution >= 0.6 is 0 Å². The lowest BCUT2D eigenvalue weighted by Crippen LogP contribution is -2.12. The quantitative estimate of drug-likeness (QED) is 0.542. The molecule has 2 heterocycles. The van der Waals surface area contributed by atoms with Crippen LogP contribution in [0.15, 0.2) is 58.0 Å². The van der Waals surface area contributed by atoms with Gasteiger partial charge in [-0.15, -0.1) is 0 Å². The van der Waals surface area contributed by atoms with Crippen LogP contribution in [-0.2, 0) is 23.0 Å². The molecule has 0 aliphatic rings. The number of primary sulfonamides is 1. The first-order valence-corrected chi connectivity index (χ1v) is 9.92. The van der Waals surface area contributed by atoms with Crippen molar-refractivity contribution in [2.24, 2.45) is 5.14 Å². The van der Waals surface area contributed by atoms with Crippen LogP contribution in [-0.4, -0.2) is 24.9 Å². The van der Waals surface area contributed by atoms with Gasteiger partial charge in [-0.2, -0.15) is 0 Å². The highest BCUT2D eigenvalue weighted by atomic mass is 32.2. The number of nitrogens with one attached hydrogen (secondary N) is 2. The lowest BCUT2D eigenvalue weighted by Gasteiger charge is -2.10. The highest BCUT2D eigenvalue weighted by Crippen LogP contribution is 2.14. The second-order valence-corrected chi connectivity index (χ2v) is 7.55. The molecular formula is C18H21N5O3S. The molecule has 1 aromatic carbocycles. The van der Waals surface area contributed by atoms with Crippen molar-refractivity contribution in [3.8, 4) is 0 Å². The number of furan rings is 1. The zero-order valence-electron chi connectivity index (χ0n) is 14.8. The van der Waals surface area contributed by atoms with Gasteiger partial charge in [0.05, 0.1) is 17.7 Å². The highest BCUT2D eigenvalue weighted by Gasteiger charge is 2.07. The molecule has 4 N–H and O–H groups in total. The van der Waals surface area contributed by atoms with Gasteiger partial charge in [-0.25, -0.2) is 23.5 Å². The third-order valence-corrected chi connectivity index (χ3v) is 4.76. The van der Waals surface area contributed by atoms with Crippen molar-refractivity contribution in [2.75, 3.05) is 17.2 Å². The number of aromatic nitrogens is 2. The average Bonchev–Trinajstić information content (AvgIpc) is 3.13. The van der Waals surface area contributed by atoms with Crippen LogP contribution in [0.4, 0.5) is 11.6 Å². The minimum Gasteiger partial charge on any atom is -0.467 e. The Morgan fingerprint density at radius 1 is 1.07 bits per heavy atom. The van der Waals surface area contributed by atoms with Crippen molar-refractivity contribution >= 4 is 21.7 Å². The first kappa shape index (κ1) is 18.9. The largest absolute Gasteiger partial charge is 0.467 e. The Kier molecular flexibility index (Phi) is 5.72. The van der Waals surface area contributed by atoms with E-state index in [4.69, 9.17) is 9.56 Å². The van der Waals surface area contributed by atoms with Gasteiger partial charge in [0.15, 0.2) is 0 Å². The van der Waals surface area contributed by atoms with Crippen molar-refractivity contribution in [1.29, 1.82) is 0 Å². The van der Waals surface area contributed by atoms with E-state index >= 15 is 0 Å². The SMILES string of the molecule is Cc1nc(NCCc2ccc(S(N)(=O)=O)cc2)cc(NCc2ccco2)n1. The van der Waals surface area contributed by atoms with Crippen LogP contribution in [0.1, 0.15) is 17.1 Å². The predicted octanol–water partition coefficient (Wildman–Crippen LogP) is 2.29. The fourth-order valence-electron chi connectivity index (χ4n) is 2.52. The fourth-order valence-corrected chi connectivity index (χ4v) is 3.04. The topological polar surface area (TPSA) is 123 Å². The molecule has 0 saturated carbocycles. The second-order valence-electron chi connectivity index (χ2n) is 5.98. The van der Waals surface area contributed by atoms with E-state index in [1.54, 1.807) is 18.4 Å². The summed E-state index contributed by atoms with van der Waals surface area (Å²) in [5, 5.41) is 11.6. The van der Waals surface area contributed by atoms with Crippen LogP contribution in [0, 0.1) is 6.92 Å². The predicted molar refractivity (Wildman–Crippen MR) is 103 cm³/mol. The summed E-state index contributed by atoms with van der Waals surface area (Å²) in [6.45, 7) is 3.01. The van der Waals surface area contributed by atoms with Crippen LogP contribution < -0.4 is 15.8 Å². The molecule has 0 aliphatic carbocycles. The zero-order valence-corrected chi connectivity index (χ0v) is 15.7. The number of nitrogens with zero attached hydrogens (tertiary/aromatic N) is 2. The van der Waals surface area contributed by atoms with Crippen LogP contribution in [0.5, 0.6) is 0 Å². The number of hydrogen-bond donors (Lipinski definition) is 3. The molecular weight excluding hydrogens is 366 g/mol. The van der Waals surface area contributed by atoms with Crippen molar-refractivity contribution < 1.29 is 12.8 Å². The lowest BCUT2D eigenvalue weighted by molar-refractivity contribution is 0.517. The Balaban J connectivity index is 1.56. The van der Waals surface area contributed by atoms with Gasteiger partial charge in [-0.1, -0.05) is 12.1 Å². The number of nitrogens with two attached hydrogens (primary N) is 1. The van der Waals surface area contributed by atoms with Gasteiger partial charge in [-0.05, 0) is 43.2 Å². The van der Waals surface area contributed by atoms with E-state index in [0.29, 0.717) is 37.0 Å². The first-order chi connectivity index (χ1) is 12.9. The minimum absolute atomic E-state index is 0.109. The summed E-state index contributed by atoms with van der Waals surface area (Å²) >= 11 is 0. The van der Waals surface area contributed by atoms with Gasteiger partial charge in [0, 0.05) is 12.6 Å². The summed E-state index contributed by atoms with van der Waals surface area (Å²) in [5.41, 5.74) is 0.997. The molecule has 27 heavy (non-hydrogen) atoms. The molecule has 0 atom stereocenters. The molecule has 2 aromatic heterocycles. The number of anilines is 2. The monoisotopic (exact) mass is 387 g/mol. The molecule has 0 bridgehead atoms.